The molecule has 0 aliphatic rings. The van der Waals surface area contributed by atoms with Gasteiger partial charge in [0.25, 0.3) is 0 Å². The maximum absolute atomic E-state index is 6.02. The highest BCUT2D eigenvalue weighted by Gasteiger charge is 2.40. The van der Waals surface area contributed by atoms with Crippen molar-refractivity contribution >= 4 is 20.1 Å². The number of nitrogens with two attached hydrogens (primary N) is 1. The Hall–Kier alpha value is -1.14. The summed E-state index contributed by atoms with van der Waals surface area (Å²) in [5, 5.41) is 3.34. The lowest BCUT2D eigenvalue weighted by Crippen LogP contribution is -2.43. The molecule has 3 N–H and O–H groups in total. The van der Waals surface area contributed by atoms with E-state index in [2.05, 4.69) is 43.0 Å². The standard InChI is InChI=1S/C15H30N4OSi/c1-11(2)21(20-6,12(3)4)9-7-8-17-14-10-13(5)18-15(16)19-14/h10-12H,7-9H2,1-6H3,(H3,16,17,18,19). The minimum absolute atomic E-state index is 0.322. The summed E-state index contributed by atoms with van der Waals surface area (Å²) in [6, 6.07) is 3.08. The molecule has 120 valence electrons. The second-order valence-electron chi connectivity index (χ2n) is 6.25. The van der Waals surface area contributed by atoms with Crippen molar-refractivity contribution in [3.8, 4) is 0 Å². The van der Waals surface area contributed by atoms with E-state index in [-0.39, 0.29) is 0 Å². The number of nitrogens with one attached hydrogen (secondary N) is 1. The van der Waals surface area contributed by atoms with Crippen LogP contribution in [0.25, 0.3) is 0 Å². The third-order valence-corrected chi connectivity index (χ3v) is 10.1. The largest absolute Gasteiger partial charge is 0.419 e. The molecule has 0 aliphatic carbocycles. The number of hydrogen-bond donors (Lipinski definition) is 2. The minimum atomic E-state index is -1.68. The molecule has 0 radical (unpaired) electrons. The van der Waals surface area contributed by atoms with Crippen molar-refractivity contribution in [1.29, 1.82) is 0 Å². The number of aromatic nitrogens is 2. The van der Waals surface area contributed by atoms with Gasteiger partial charge < -0.3 is 15.5 Å². The first-order valence-electron chi connectivity index (χ1n) is 7.72. The Labute approximate surface area is 129 Å². The molecule has 1 aromatic heterocycles. The van der Waals surface area contributed by atoms with Gasteiger partial charge in [0, 0.05) is 25.4 Å². The normalized spacial score (nSPS) is 12.2. The predicted molar refractivity (Wildman–Crippen MR) is 92.1 cm³/mol. The van der Waals surface area contributed by atoms with Crippen molar-refractivity contribution in [2.45, 2.75) is 58.2 Å². The van der Waals surface area contributed by atoms with Gasteiger partial charge in [0.15, 0.2) is 8.32 Å². The molecule has 21 heavy (non-hydrogen) atoms. The quantitative estimate of drug-likeness (QED) is 0.567. The molecule has 5 nitrogen and oxygen atoms in total. The summed E-state index contributed by atoms with van der Waals surface area (Å²) in [6.07, 6.45) is 1.08. The summed E-state index contributed by atoms with van der Waals surface area (Å²) in [5.74, 6) is 1.13. The van der Waals surface area contributed by atoms with Gasteiger partial charge in [0.1, 0.15) is 5.82 Å². The molecule has 0 saturated carbocycles. The summed E-state index contributed by atoms with van der Waals surface area (Å²) in [4.78, 5) is 8.27. The number of hydrogen-bond acceptors (Lipinski definition) is 5. The highest BCUT2D eigenvalue weighted by molar-refractivity contribution is 6.76. The number of nitrogen functional groups attached to an aromatic ring is 1. The van der Waals surface area contributed by atoms with Gasteiger partial charge in [-0.1, -0.05) is 27.7 Å². The zero-order valence-electron chi connectivity index (χ0n) is 14.2. The van der Waals surface area contributed by atoms with Crippen LogP contribution in [0.3, 0.4) is 0 Å². The van der Waals surface area contributed by atoms with Crippen molar-refractivity contribution in [2.75, 3.05) is 24.7 Å². The number of anilines is 2. The van der Waals surface area contributed by atoms with Crippen molar-refractivity contribution in [2.24, 2.45) is 0 Å². The molecule has 0 bridgehead atoms. The second-order valence-corrected chi connectivity index (χ2v) is 11.4. The van der Waals surface area contributed by atoms with Crippen molar-refractivity contribution in [1.82, 2.24) is 9.97 Å². The third-order valence-electron chi connectivity index (χ3n) is 4.26. The second kappa shape index (κ2) is 7.75. The van der Waals surface area contributed by atoms with Crippen LogP contribution in [-0.2, 0) is 4.43 Å². The van der Waals surface area contributed by atoms with Gasteiger partial charge in [-0.05, 0) is 30.5 Å². The van der Waals surface area contributed by atoms with Gasteiger partial charge >= 0.3 is 0 Å². The molecule has 0 amide bonds. The van der Waals surface area contributed by atoms with E-state index in [4.69, 9.17) is 10.2 Å². The van der Waals surface area contributed by atoms with E-state index in [1.165, 1.54) is 0 Å². The highest BCUT2D eigenvalue weighted by Crippen LogP contribution is 2.37. The Morgan fingerprint density at radius 2 is 1.86 bits per heavy atom. The van der Waals surface area contributed by atoms with Crippen molar-refractivity contribution in [3.05, 3.63) is 11.8 Å². The van der Waals surface area contributed by atoms with Crippen LogP contribution in [0.15, 0.2) is 6.07 Å². The fraction of sp³-hybridized carbons (Fsp3) is 0.733. The van der Waals surface area contributed by atoms with Crippen LogP contribution in [0, 0.1) is 6.92 Å². The average molecular weight is 311 g/mol. The highest BCUT2D eigenvalue weighted by atomic mass is 28.4. The van der Waals surface area contributed by atoms with Gasteiger partial charge in [-0.25, -0.2) is 4.98 Å². The van der Waals surface area contributed by atoms with Crippen LogP contribution >= 0.6 is 0 Å². The van der Waals surface area contributed by atoms with Crippen LogP contribution in [-0.4, -0.2) is 31.9 Å². The van der Waals surface area contributed by atoms with Gasteiger partial charge in [-0.15, -0.1) is 0 Å². The zero-order chi connectivity index (χ0) is 16.0. The Morgan fingerprint density at radius 3 is 2.33 bits per heavy atom. The first-order valence-corrected chi connectivity index (χ1v) is 9.99. The average Bonchev–Trinajstić information content (AvgIpc) is 2.37. The lowest BCUT2D eigenvalue weighted by Gasteiger charge is -2.37. The molecular weight excluding hydrogens is 280 g/mol. The lowest BCUT2D eigenvalue weighted by molar-refractivity contribution is 0.369. The molecule has 0 spiro atoms. The summed E-state index contributed by atoms with van der Waals surface area (Å²) < 4.78 is 6.02. The predicted octanol–water partition coefficient (Wildman–Crippen LogP) is 3.58. The number of nitrogens with zero attached hydrogens (tertiary/aromatic N) is 2. The summed E-state index contributed by atoms with van der Waals surface area (Å²) in [7, 11) is 0.201. The van der Waals surface area contributed by atoms with Crippen LogP contribution in [0.5, 0.6) is 0 Å². The molecule has 0 atom stereocenters. The molecule has 6 heteroatoms. The van der Waals surface area contributed by atoms with Gasteiger partial charge in [0.05, 0.1) is 0 Å². The van der Waals surface area contributed by atoms with E-state index in [0.717, 1.165) is 30.5 Å². The number of rotatable bonds is 8. The first kappa shape index (κ1) is 17.9. The molecule has 0 fully saturated rings. The van der Waals surface area contributed by atoms with E-state index in [1.807, 2.05) is 20.1 Å². The van der Waals surface area contributed by atoms with Gasteiger partial charge in [0.2, 0.25) is 5.95 Å². The van der Waals surface area contributed by atoms with E-state index >= 15 is 0 Å². The van der Waals surface area contributed by atoms with E-state index in [0.29, 0.717) is 17.0 Å². The van der Waals surface area contributed by atoms with Crippen LogP contribution in [0.4, 0.5) is 11.8 Å². The van der Waals surface area contributed by atoms with E-state index in [1.54, 1.807) is 0 Å². The number of aryl methyl sites for hydroxylation is 1. The molecule has 0 aliphatic heterocycles. The fourth-order valence-corrected chi connectivity index (χ4v) is 7.45. The Morgan fingerprint density at radius 1 is 1.24 bits per heavy atom. The van der Waals surface area contributed by atoms with E-state index < -0.39 is 8.32 Å². The van der Waals surface area contributed by atoms with Crippen molar-refractivity contribution in [3.63, 3.8) is 0 Å². The molecule has 0 saturated heterocycles. The molecule has 1 aromatic rings. The monoisotopic (exact) mass is 310 g/mol. The summed E-state index contributed by atoms with van der Waals surface area (Å²) >= 11 is 0. The lowest BCUT2D eigenvalue weighted by atomic mass is 10.4. The van der Waals surface area contributed by atoms with E-state index in [9.17, 15) is 0 Å². The molecular formula is C15H30N4OSi. The van der Waals surface area contributed by atoms with Crippen LogP contribution < -0.4 is 11.1 Å². The minimum Gasteiger partial charge on any atom is -0.419 e. The van der Waals surface area contributed by atoms with Gasteiger partial charge in [-0.3, -0.25) is 0 Å². The Bertz CT molecular complexity index is 423. The van der Waals surface area contributed by atoms with Crippen LogP contribution in [0.1, 0.15) is 39.8 Å². The summed E-state index contributed by atoms with van der Waals surface area (Å²) in [6.45, 7) is 12.0. The molecule has 1 heterocycles. The first-order chi connectivity index (χ1) is 9.81. The van der Waals surface area contributed by atoms with Crippen LogP contribution in [0.2, 0.25) is 17.1 Å². The third kappa shape index (κ3) is 4.67. The Balaban J connectivity index is 2.55. The summed E-state index contributed by atoms with van der Waals surface area (Å²) in [5.41, 5.74) is 7.79. The van der Waals surface area contributed by atoms with Crippen molar-refractivity contribution < 1.29 is 4.43 Å². The molecule has 1 rings (SSSR count). The Kier molecular flexibility index (Phi) is 6.61. The topological polar surface area (TPSA) is 73.1 Å². The SMILES string of the molecule is CO[Si](CCCNc1cc(C)nc(N)n1)(C(C)C)C(C)C. The smallest absolute Gasteiger partial charge is 0.222 e. The molecule has 0 aromatic carbocycles. The zero-order valence-corrected chi connectivity index (χ0v) is 15.2. The maximum Gasteiger partial charge on any atom is 0.222 e. The molecule has 0 unspecified atom stereocenters. The maximum atomic E-state index is 6.02. The van der Waals surface area contributed by atoms with Gasteiger partial charge in [-0.2, -0.15) is 4.98 Å². The fourth-order valence-electron chi connectivity index (χ4n) is 3.08.